The number of carbonyl (C=O) groups is 1. The summed E-state index contributed by atoms with van der Waals surface area (Å²) >= 11 is 0. The van der Waals surface area contributed by atoms with Gasteiger partial charge in [-0.3, -0.25) is 0 Å². The highest BCUT2D eigenvalue weighted by atomic mass is 32.2. The Hall–Kier alpha value is -2.01. The van der Waals surface area contributed by atoms with E-state index in [1.54, 1.807) is 26.8 Å². The molecular weight excluding hydrogens is 403 g/mol. The molecule has 2 heterocycles. The van der Waals surface area contributed by atoms with Gasteiger partial charge >= 0.3 is 21.7 Å². The molecule has 0 spiro atoms. The third kappa shape index (κ3) is 4.04. The Labute approximate surface area is 160 Å². The van der Waals surface area contributed by atoms with Crippen molar-refractivity contribution in [2.24, 2.45) is 0 Å². The van der Waals surface area contributed by atoms with Crippen LogP contribution in [0.1, 0.15) is 37.8 Å². The SMILES string of the molecule is CC(C)(C)OC(=O)N1CC2OCc3c(OS(=O)(=O)C(F)(F)F)cccc3C2C1. The van der Waals surface area contributed by atoms with Crippen LogP contribution in [-0.4, -0.2) is 49.7 Å². The van der Waals surface area contributed by atoms with Gasteiger partial charge in [0.05, 0.1) is 19.3 Å². The van der Waals surface area contributed by atoms with E-state index in [-0.39, 0.29) is 37.3 Å². The summed E-state index contributed by atoms with van der Waals surface area (Å²) in [6.07, 6.45) is -0.881. The molecule has 1 aromatic carbocycles. The monoisotopic (exact) mass is 423 g/mol. The van der Waals surface area contributed by atoms with Gasteiger partial charge in [-0.15, -0.1) is 0 Å². The van der Waals surface area contributed by atoms with Gasteiger partial charge in [0.2, 0.25) is 0 Å². The molecule has 156 valence electrons. The number of benzene rings is 1. The summed E-state index contributed by atoms with van der Waals surface area (Å²) in [5, 5.41) is 0. The molecule has 3 rings (SSSR count). The predicted octanol–water partition coefficient (Wildman–Crippen LogP) is 3.15. The molecule has 0 saturated carbocycles. The van der Waals surface area contributed by atoms with Crippen molar-refractivity contribution in [2.75, 3.05) is 13.1 Å². The first-order valence-electron chi connectivity index (χ1n) is 8.50. The van der Waals surface area contributed by atoms with Gasteiger partial charge in [-0.1, -0.05) is 12.1 Å². The first-order valence-corrected chi connectivity index (χ1v) is 9.91. The third-order valence-electron chi connectivity index (χ3n) is 4.41. The van der Waals surface area contributed by atoms with E-state index in [2.05, 4.69) is 4.18 Å². The number of carbonyl (C=O) groups excluding carboxylic acids is 1. The quantitative estimate of drug-likeness (QED) is 0.537. The number of hydrogen-bond donors (Lipinski definition) is 0. The first kappa shape index (κ1) is 20.7. The van der Waals surface area contributed by atoms with Gasteiger partial charge < -0.3 is 18.6 Å². The van der Waals surface area contributed by atoms with Crippen molar-refractivity contribution in [3.8, 4) is 5.75 Å². The molecule has 0 bridgehead atoms. The number of hydrogen-bond acceptors (Lipinski definition) is 6. The van der Waals surface area contributed by atoms with Crippen LogP contribution in [0.3, 0.4) is 0 Å². The van der Waals surface area contributed by atoms with Crippen molar-refractivity contribution in [1.29, 1.82) is 0 Å². The Morgan fingerprint density at radius 1 is 1.21 bits per heavy atom. The van der Waals surface area contributed by atoms with Crippen LogP contribution in [0.5, 0.6) is 5.75 Å². The van der Waals surface area contributed by atoms with E-state index in [0.29, 0.717) is 5.56 Å². The molecule has 1 saturated heterocycles. The number of rotatable bonds is 2. The van der Waals surface area contributed by atoms with Gasteiger partial charge in [0, 0.05) is 18.0 Å². The summed E-state index contributed by atoms with van der Waals surface area (Å²) in [5.74, 6) is -0.752. The van der Waals surface area contributed by atoms with Crippen molar-refractivity contribution in [3.05, 3.63) is 29.3 Å². The third-order valence-corrected chi connectivity index (χ3v) is 5.38. The number of halogens is 3. The molecule has 0 radical (unpaired) electrons. The zero-order valence-corrected chi connectivity index (χ0v) is 16.3. The molecule has 2 aliphatic heterocycles. The molecule has 1 amide bonds. The molecular formula is C17H20F3NO6S. The minimum Gasteiger partial charge on any atom is -0.444 e. The zero-order valence-electron chi connectivity index (χ0n) is 15.4. The van der Waals surface area contributed by atoms with Crippen molar-refractivity contribution in [3.63, 3.8) is 0 Å². The molecule has 0 N–H and O–H groups in total. The maximum Gasteiger partial charge on any atom is 0.534 e. The van der Waals surface area contributed by atoms with Crippen LogP contribution < -0.4 is 4.18 Å². The summed E-state index contributed by atoms with van der Waals surface area (Å²) in [4.78, 5) is 13.8. The molecule has 0 aliphatic carbocycles. The van der Waals surface area contributed by atoms with Crippen LogP contribution in [-0.2, 0) is 26.2 Å². The average molecular weight is 423 g/mol. The van der Waals surface area contributed by atoms with Crippen molar-refractivity contribution in [1.82, 2.24) is 4.90 Å². The fourth-order valence-electron chi connectivity index (χ4n) is 3.24. The normalized spacial score (nSPS) is 22.4. The summed E-state index contributed by atoms with van der Waals surface area (Å²) in [7, 11) is -5.79. The number of amides is 1. The van der Waals surface area contributed by atoms with E-state index in [4.69, 9.17) is 9.47 Å². The highest BCUT2D eigenvalue weighted by molar-refractivity contribution is 7.88. The highest BCUT2D eigenvalue weighted by Crippen LogP contribution is 2.41. The maximum absolute atomic E-state index is 12.6. The summed E-state index contributed by atoms with van der Waals surface area (Å²) in [6, 6.07) is 4.23. The van der Waals surface area contributed by atoms with Gasteiger partial charge in [0.1, 0.15) is 11.4 Å². The second kappa shape index (κ2) is 6.80. The smallest absolute Gasteiger partial charge is 0.444 e. The second-order valence-electron chi connectivity index (χ2n) is 7.65. The van der Waals surface area contributed by atoms with Gasteiger partial charge in [0.25, 0.3) is 0 Å². The Kier molecular flexibility index (Phi) is 5.03. The van der Waals surface area contributed by atoms with Gasteiger partial charge in [-0.05, 0) is 32.4 Å². The van der Waals surface area contributed by atoms with Crippen molar-refractivity contribution < 1.29 is 40.0 Å². The first-order chi connectivity index (χ1) is 12.8. The second-order valence-corrected chi connectivity index (χ2v) is 9.19. The van der Waals surface area contributed by atoms with E-state index in [0.717, 1.165) is 6.07 Å². The fourth-order valence-corrected chi connectivity index (χ4v) is 3.72. The number of alkyl halides is 3. The van der Waals surface area contributed by atoms with E-state index in [9.17, 15) is 26.4 Å². The fraction of sp³-hybridized carbons (Fsp3) is 0.588. The van der Waals surface area contributed by atoms with Crippen LogP contribution in [0.25, 0.3) is 0 Å². The van der Waals surface area contributed by atoms with Crippen LogP contribution >= 0.6 is 0 Å². The van der Waals surface area contributed by atoms with Crippen molar-refractivity contribution in [2.45, 2.75) is 50.5 Å². The van der Waals surface area contributed by atoms with Crippen LogP contribution in [0.15, 0.2) is 18.2 Å². The number of ether oxygens (including phenoxy) is 2. The van der Waals surface area contributed by atoms with E-state index >= 15 is 0 Å². The Balaban J connectivity index is 1.84. The highest BCUT2D eigenvalue weighted by Gasteiger charge is 2.49. The minimum absolute atomic E-state index is 0.123. The van der Waals surface area contributed by atoms with E-state index < -0.39 is 33.1 Å². The molecule has 2 aliphatic rings. The molecule has 7 nitrogen and oxygen atoms in total. The van der Waals surface area contributed by atoms with Crippen LogP contribution in [0.4, 0.5) is 18.0 Å². The molecule has 1 aromatic rings. The lowest BCUT2D eigenvalue weighted by molar-refractivity contribution is -0.0501. The van der Waals surface area contributed by atoms with Crippen molar-refractivity contribution >= 4 is 16.2 Å². The molecule has 28 heavy (non-hydrogen) atoms. The lowest BCUT2D eigenvalue weighted by Crippen LogP contribution is -2.36. The van der Waals surface area contributed by atoms with E-state index in [1.165, 1.54) is 11.0 Å². The maximum atomic E-state index is 12.6. The standard InChI is InChI=1S/C17H20F3NO6S/c1-16(2,3)26-15(22)21-7-11-10-5-4-6-13(12(10)9-25-14(11)8-21)27-28(23,24)17(18,19)20/h4-6,11,14H,7-9H2,1-3H3. The Morgan fingerprint density at radius 3 is 2.50 bits per heavy atom. The number of nitrogens with zero attached hydrogens (tertiary/aromatic N) is 1. The number of likely N-dealkylation sites (tertiary alicyclic amines) is 1. The zero-order chi connectivity index (χ0) is 20.9. The summed E-state index contributed by atoms with van der Waals surface area (Å²) < 4.78 is 76.0. The topological polar surface area (TPSA) is 82.1 Å². The number of fused-ring (bicyclic) bond motifs is 3. The molecule has 0 aromatic heterocycles. The minimum atomic E-state index is -5.79. The van der Waals surface area contributed by atoms with E-state index in [1.807, 2.05) is 0 Å². The predicted molar refractivity (Wildman–Crippen MR) is 91.2 cm³/mol. The Bertz CT molecular complexity index is 878. The molecule has 2 unspecified atom stereocenters. The molecule has 11 heteroatoms. The van der Waals surface area contributed by atoms with Gasteiger partial charge in [0.15, 0.2) is 0 Å². The Morgan fingerprint density at radius 2 is 1.89 bits per heavy atom. The van der Waals surface area contributed by atoms with Gasteiger partial charge in [-0.25, -0.2) is 4.79 Å². The summed E-state index contributed by atoms with van der Waals surface area (Å²) in [6.45, 7) is 5.61. The summed E-state index contributed by atoms with van der Waals surface area (Å²) in [5.41, 5.74) is -5.38. The molecule has 1 fully saturated rings. The largest absolute Gasteiger partial charge is 0.534 e. The van der Waals surface area contributed by atoms with Gasteiger partial charge in [-0.2, -0.15) is 21.6 Å². The lowest BCUT2D eigenvalue weighted by Gasteiger charge is -2.28. The average Bonchev–Trinajstić information content (AvgIpc) is 2.97. The molecule has 2 atom stereocenters. The lowest BCUT2D eigenvalue weighted by atomic mass is 9.89. The van der Waals surface area contributed by atoms with Crippen LogP contribution in [0.2, 0.25) is 0 Å². The van der Waals surface area contributed by atoms with Crippen LogP contribution in [0, 0.1) is 0 Å².